The van der Waals surface area contributed by atoms with E-state index < -0.39 is 0 Å². The van der Waals surface area contributed by atoms with Crippen LogP contribution in [0.2, 0.25) is 0 Å². The van der Waals surface area contributed by atoms with Crippen LogP contribution in [0.5, 0.6) is 5.75 Å². The van der Waals surface area contributed by atoms with Gasteiger partial charge in [-0.3, -0.25) is 4.79 Å². The first-order valence-corrected chi connectivity index (χ1v) is 6.97. The zero-order valence-electron chi connectivity index (χ0n) is 10.5. The Morgan fingerprint density at radius 2 is 2.00 bits per heavy atom. The molecule has 2 aromatic rings. The number of aryl methyl sites for hydroxylation is 1. The zero-order valence-corrected chi connectivity index (χ0v) is 12.7. The molecule has 0 saturated heterocycles. The maximum absolute atomic E-state index is 11.8. The topological polar surface area (TPSA) is 38.3 Å². The smallest absolute Gasteiger partial charge is 0.262 e. The maximum atomic E-state index is 11.8. The van der Waals surface area contributed by atoms with E-state index in [2.05, 4.69) is 27.9 Å². The molecule has 0 radical (unpaired) electrons. The second kappa shape index (κ2) is 6.56. The molecule has 4 heteroatoms. The summed E-state index contributed by atoms with van der Waals surface area (Å²) in [6.45, 7) is 1.96. The lowest BCUT2D eigenvalue weighted by atomic mass is 10.2. The third-order valence-electron chi connectivity index (χ3n) is 2.56. The normalized spacial score (nSPS) is 10.0. The van der Waals surface area contributed by atoms with Crippen LogP contribution in [0.15, 0.2) is 48.5 Å². The van der Waals surface area contributed by atoms with E-state index >= 15 is 0 Å². The summed E-state index contributed by atoms with van der Waals surface area (Å²) in [6.07, 6.45) is 0. The van der Waals surface area contributed by atoms with Gasteiger partial charge in [0.25, 0.3) is 5.91 Å². The van der Waals surface area contributed by atoms with Crippen LogP contribution in [0, 0.1) is 10.5 Å². The highest BCUT2D eigenvalue weighted by atomic mass is 127. The quantitative estimate of drug-likeness (QED) is 0.839. The average Bonchev–Trinajstić information content (AvgIpc) is 2.38. The fourth-order valence-electron chi connectivity index (χ4n) is 1.62. The van der Waals surface area contributed by atoms with Crippen LogP contribution in [-0.2, 0) is 4.79 Å². The molecule has 19 heavy (non-hydrogen) atoms. The summed E-state index contributed by atoms with van der Waals surface area (Å²) in [5, 5.41) is 2.80. The zero-order chi connectivity index (χ0) is 13.7. The Morgan fingerprint density at radius 3 is 2.74 bits per heavy atom. The van der Waals surface area contributed by atoms with E-state index in [1.165, 1.54) is 0 Å². The first-order valence-electron chi connectivity index (χ1n) is 5.89. The van der Waals surface area contributed by atoms with Crippen molar-refractivity contribution >= 4 is 34.2 Å². The molecule has 0 spiro atoms. The van der Waals surface area contributed by atoms with Gasteiger partial charge >= 0.3 is 0 Å². The number of carbonyl (C=O) groups is 1. The van der Waals surface area contributed by atoms with Crippen molar-refractivity contribution in [2.75, 3.05) is 11.9 Å². The van der Waals surface area contributed by atoms with Gasteiger partial charge in [-0.15, -0.1) is 0 Å². The predicted octanol–water partition coefficient (Wildman–Crippen LogP) is 3.62. The molecule has 3 nitrogen and oxygen atoms in total. The minimum atomic E-state index is -0.162. The van der Waals surface area contributed by atoms with Crippen molar-refractivity contribution in [1.29, 1.82) is 0 Å². The van der Waals surface area contributed by atoms with Crippen LogP contribution < -0.4 is 10.1 Å². The minimum absolute atomic E-state index is 0.0102. The molecule has 0 fully saturated rings. The molecular weight excluding hydrogens is 353 g/mol. The summed E-state index contributed by atoms with van der Waals surface area (Å²) < 4.78 is 6.57. The number of ether oxygens (including phenoxy) is 1. The average molecular weight is 367 g/mol. The van der Waals surface area contributed by atoms with Crippen molar-refractivity contribution in [2.45, 2.75) is 6.92 Å². The molecule has 0 aromatic heterocycles. The minimum Gasteiger partial charge on any atom is -0.483 e. The second-order valence-electron chi connectivity index (χ2n) is 4.11. The Labute approximate surface area is 126 Å². The highest BCUT2D eigenvalue weighted by Crippen LogP contribution is 2.16. The van der Waals surface area contributed by atoms with Gasteiger partial charge in [0, 0.05) is 9.26 Å². The van der Waals surface area contributed by atoms with Crippen molar-refractivity contribution in [3.8, 4) is 5.75 Å². The van der Waals surface area contributed by atoms with E-state index in [-0.39, 0.29) is 12.5 Å². The van der Waals surface area contributed by atoms with Gasteiger partial charge in [0.2, 0.25) is 0 Å². The van der Waals surface area contributed by atoms with Crippen LogP contribution in [0.4, 0.5) is 5.69 Å². The largest absolute Gasteiger partial charge is 0.483 e. The molecule has 2 aromatic carbocycles. The summed E-state index contributed by atoms with van der Waals surface area (Å²) >= 11 is 2.20. The highest BCUT2D eigenvalue weighted by Gasteiger charge is 2.05. The van der Waals surface area contributed by atoms with Crippen LogP contribution in [0.1, 0.15) is 5.56 Å². The Hall–Kier alpha value is -1.56. The molecular formula is C15H14INO2. The molecule has 0 saturated carbocycles. The molecule has 0 aliphatic carbocycles. The fourth-order valence-corrected chi connectivity index (χ4v) is 2.17. The number of rotatable bonds is 4. The van der Waals surface area contributed by atoms with Crippen molar-refractivity contribution in [1.82, 2.24) is 0 Å². The fraction of sp³-hybridized carbons (Fsp3) is 0.133. The first kappa shape index (κ1) is 13.9. The van der Waals surface area contributed by atoms with Crippen LogP contribution in [-0.4, -0.2) is 12.5 Å². The van der Waals surface area contributed by atoms with Crippen LogP contribution in [0.25, 0.3) is 0 Å². The van der Waals surface area contributed by atoms with Gasteiger partial charge < -0.3 is 10.1 Å². The second-order valence-corrected chi connectivity index (χ2v) is 5.36. The third-order valence-corrected chi connectivity index (χ3v) is 3.23. The lowest BCUT2D eigenvalue weighted by Crippen LogP contribution is -2.20. The van der Waals surface area contributed by atoms with Gasteiger partial charge in [0.1, 0.15) is 5.75 Å². The van der Waals surface area contributed by atoms with Crippen molar-refractivity contribution in [2.24, 2.45) is 0 Å². The molecule has 0 heterocycles. The molecule has 1 N–H and O–H groups in total. The molecule has 0 bridgehead atoms. The SMILES string of the molecule is Cc1ccccc1OCC(=O)Nc1cccc(I)c1. The monoisotopic (exact) mass is 367 g/mol. The van der Waals surface area contributed by atoms with Gasteiger partial charge in [-0.25, -0.2) is 0 Å². The number of carbonyl (C=O) groups excluding carboxylic acids is 1. The first-order chi connectivity index (χ1) is 9.15. The van der Waals surface area contributed by atoms with Crippen molar-refractivity contribution in [3.63, 3.8) is 0 Å². The van der Waals surface area contributed by atoms with E-state index in [0.717, 1.165) is 20.6 Å². The lowest BCUT2D eigenvalue weighted by Gasteiger charge is -2.09. The maximum Gasteiger partial charge on any atom is 0.262 e. The predicted molar refractivity (Wildman–Crippen MR) is 84.5 cm³/mol. The summed E-state index contributed by atoms with van der Waals surface area (Å²) in [4.78, 5) is 11.8. The highest BCUT2D eigenvalue weighted by molar-refractivity contribution is 14.1. The van der Waals surface area contributed by atoms with E-state index in [4.69, 9.17) is 4.74 Å². The Kier molecular flexibility index (Phi) is 4.79. The van der Waals surface area contributed by atoms with Gasteiger partial charge in [-0.1, -0.05) is 24.3 Å². The molecule has 0 aliphatic rings. The van der Waals surface area contributed by atoms with E-state index in [1.807, 2.05) is 55.5 Å². The van der Waals surface area contributed by atoms with E-state index in [0.29, 0.717) is 0 Å². The number of hydrogen-bond acceptors (Lipinski definition) is 2. The van der Waals surface area contributed by atoms with Crippen LogP contribution >= 0.6 is 22.6 Å². The number of benzene rings is 2. The van der Waals surface area contributed by atoms with Crippen molar-refractivity contribution < 1.29 is 9.53 Å². The number of halogens is 1. The molecule has 0 atom stereocenters. The molecule has 0 unspecified atom stereocenters. The number of para-hydroxylation sites is 1. The summed E-state index contributed by atoms with van der Waals surface area (Å²) in [5.74, 6) is 0.575. The molecule has 0 aliphatic heterocycles. The van der Waals surface area contributed by atoms with E-state index in [9.17, 15) is 4.79 Å². The number of amides is 1. The number of anilines is 1. The Morgan fingerprint density at radius 1 is 1.21 bits per heavy atom. The summed E-state index contributed by atoms with van der Waals surface area (Å²) in [5.41, 5.74) is 1.80. The summed E-state index contributed by atoms with van der Waals surface area (Å²) in [7, 11) is 0. The van der Waals surface area contributed by atoms with Gasteiger partial charge in [-0.05, 0) is 59.3 Å². The van der Waals surface area contributed by atoms with Gasteiger partial charge in [0.15, 0.2) is 6.61 Å². The third kappa shape index (κ3) is 4.24. The molecule has 2 rings (SSSR count). The number of hydrogen-bond donors (Lipinski definition) is 1. The van der Waals surface area contributed by atoms with Crippen molar-refractivity contribution in [3.05, 3.63) is 57.7 Å². The van der Waals surface area contributed by atoms with Crippen LogP contribution in [0.3, 0.4) is 0 Å². The van der Waals surface area contributed by atoms with E-state index in [1.54, 1.807) is 0 Å². The standard InChI is InChI=1S/C15H14INO2/c1-11-5-2-3-8-14(11)19-10-15(18)17-13-7-4-6-12(16)9-13/h2-9H,10H2,1H3,(H,17,18). The Balaban J connectivity index is 1.90. The number of nitrogens with one attached hydrogen (secondary N) is 1. The molecule has 1 amide bonds. The van der Waals surface area contributed by atoms with Gasteiger partial charge in [-0.2, -0.15) is 0 Å². The lowest BCUT2D eigenvalue weighted by molar-refractivity contribution is -0.118. The summed E-state index contributed by atoms with van der Waals surface area (Å²) in [6, 6.07) is 15.3. The Bertz CT molecular complexity index is 584. The van der Waals surface area contributed by atoms with Gasteiger partial charge in [0.05, 0.1) is 0 Å². The molecule has 98 valence electrons.